The standard InChI is InChI=1S/C8H7FOS/c1-4-3-6-5(2)7(9)10-8(6)11-4/h3H,1-2H3. The van der Waals surface area contributed by atoms with Crippen molar-refractivity contribution in [2.45, 2.75) is 13.8 Å². The lowest BCUT2D eigenvalue weighted by atomic mass is 10.2. The van der Waals surface area contributed by atoms with E-state index in [1.54, 1.807) is 6.92 Å². The van der Waals surface area contributed by atoms with Gasteiger partial charge in [0.05, 0.1) is 0 Å². The highest BCUT2D eigenvalue weighted by Crippen LogP contribution is 2.31. The first-order valence-electron chi connectivity index (χ1n) is 3.33. The van der Waals surface area contributed by atoms with Crippen LogP contribution in [-0.2, 0) is 0 Å². The van der Waals surface area contributed by atoms with E-state index in [2.05, 4.69) is 0 Å². The Balaban J connectivity index is 2.88. The Morgan fingerprint density at radius 1 is 1.45 bits per heavy atom. The van der Waals surface area contributed by atoms with Gasteiger partial charge in [-0.3, -0.25) is 0 Å². The van der Waals surface area contributed by atoms with Crippen LogP contribution in [0.5, 0.6) is 0 Å². The molecule has 0 aliphatic rings. The topological polar surface area (TPSA) is 13.1 Å². The smallest absolute Gasteiger partial charge is 0.282 e. The minimum atomic E-state index is -0.453. The van der Waals surface area contributed by atoms with Crippen LogP contribution >= 0.6 is 11.3 Å². The Bertz CT molecular complexity index is 399. The zero-order valence-corrected chi connectivity index (χ0v) is 7.09. The van der Waals surface area contributed by atoms with Crippen molar-refractivity contribution in [2.24, 2.45) is 0 Å². The van der Waals surface area contributed by atoms with E-state index in [-0.39, 0.29) is 0 Å². The number of halogens is 1. The monoisotopic (exact) mass is 170 g/mol. The van der Waals surface area contributed by atoms with E-state index < -0.39 is 6.01 Å². The van der Waals surface area contributed by atoms with Gasteiger partial charge >= 0.3 is 0 Å². The number of furan rings is 1. The van der Waals surface area contributed by atoms with Gasteiger partial charge in [0.15, 0.2) is 4.90 Å². The first-order valence-corrected chi connectivity index (χ1v) is 4.15. The molecule has 0 aliphatic carbocycles. The summed E-state index contributed by atoms with van der Waals surface area (Å²) in [6.45, 7) is 3.71. The molecule has 0 saturated carbocycles. The van der Waals surface area contributed by atoms with Gasteiger partial charge in [0.25, 0.3) is 6.01 Å². The number of hydrogen-bond donors (Lipinski definition) is 0. The molecule has 0 fully saturated rings. The fourth-order valence-corrected chi connectivity index (χ4v) is 2.00. The van der Waals surface area contributed by atoms with E-state index in [1.807, 2.05) is 13.0 Å². The van der Waals surface area contributed by atoms with Gasteiger partial charge in [-0.2, -0.15) is 4.39 Å². The SMILES string of the molecule is Cc1cc2c(C)c(F)oc2s1. The number of aryl methyl sites for hydroxylation is 2. The van der Waals surface area contributed by atoms with Crippen LogP contribution in [0, 0.1) is 19.9 Å². The first kappa shape index (κ1) is 6.85. The summed E-state index contributed by atoms with van der Waals surface area (Å²) in [6.07, 6.45) is 0. The average Bonchev–Trinajstić information content (AvgIpc) is 2.37. The van der Waals surface area contributed by atoms with Gasteiger partial charge < -0.3 is 4.42 Å². The molecule has 2 heterocycles. The van der Waals surface area contributed by atoms with Gasteiger partial charge in [0, 0.05) is 15.8 Å². The van der Waals surface area contributed by atoms with Gasteiger partial charge in [0.2, 0.25) is 0 Å². The third-order valence-corrected chi connectivity index (χ3v) is 2.63. The van der Waals surface area contributed by atoms with Gasteiger partial charge in [-0.25, -0.2) is 0 Å². The van der Waals surface area contributed by atoms with Gasteiger partial charge in [-0.05, 0) is 19.9 Å². The Labute approximate surface area is 67.4 Å². The predicted molar refractivity (Wildman–Crippen MR) is 43.5 cm³/mol. The molecule has 0 N–H and O–H groups in total. The highest BCUT2D eigenvalue weighted by molar-refractivity contribution is 7.18. The lowest BCUT2D eigenvalue weighted by Crippen LogP contribution is -1.69. The van der Waals surface area contributed by atoms with E-state index in [4.69, 9.17) is 4.42 Å². The number of hydrogen-bond acceptors (Lipinski definition) is 2. The van der Waals surface area contributed by atoms with Crippen LogP contribution in [0.2, 0.25) is 0 Å². The highest BCUT2D eigenvalue weighted by atomic mass is 32.1. The second-order valence-corrected chi connectivity index (χ2v) is 3.78. The summed E-state index contributed by atoms with van der Waals surface area (Å²) in [5, 5.41) is 0.907. The zero-order chi connectivity index (χ0) is 8.01. The minimum absolute atomic E-state index is 0.453. The maximum atomic E-state index is 12.7. The van der Waals surface area contributed by atoms with Crippen molar-refractivity contribution >= 4 is 21.6 Å². The van der Waals surface area contributed by atoms with E-state index in [1.165, 1.54) is 11.3 Å². The molecule has 0 bridgehead atoms. The van der Waals surface area contributed by atoms with Crippen LogP contribution in [-0.4, -0.2) is 0 Å². The van der Waals surface area contributed by atoms with Crippen LogP contribution < -0.4 is 0 Å². The molecule has 0 atom stereocenters. The molecule has 0 amide bonds. The summed E-state index contributed by atoms with van der Waals surface area (Å²) < 4.78 is 17.6. The summed E-state index contributed by atoms with van der Waals surface area (Å²) in [5.74, 6) is 0. The van der Waals surface area contributed by atoms with E-state index in [0.29, 0.717) is 10.5 Å². The first-order chi connectivity index (χ1) is 5.18. The van der Waals surface area contributed by atoms with Crippen LogP contribution in [0.1, 0.15) is 10.4 Å². The lowest BCUT2D eigenvalue weighted by molar-refractivity contribution is 0.379. The average molecular weight is 170 g/mol. The predicted octanol–water partition coefficient (Wildman–Crippen LogP) is 3.25. The quantitative estimate of drug-likeness (QED) is 0.591. The Morgan fingerprint density at radius 3 is 2.82 bits per heavy atom. The lowest BCUT2D eigenvalue weighted by Gasteiger charge is -1.80. The third-order valence-electron chi connectivity index (χ3n) is 1.70. The molecule has 0 unspecified atom stereocenters. The molecule has 1 nitrogen and oxygen atoms in total. The van der Waals surface area contributed by atoms with E-state index >= 15 is 0 Å². The van der Waals surface area contributed by atoms with Crippen molar-refractivity contribution in [3.63, 3.8) is 0 Å². The van der Waals surface area contributed by atoms with Crippen molar-refractivity contribution in [2.75, 3.05) is 0 Å². The van der Waals surface area contributed by atoms with E-state index in [0.717, 1.165) is 10.3 Å². The number of thiophene rings is 1. The minimum Gasteiger partial charge on any atom is -0.420 e. The summed E-state index contributed by atoms with van der Waals surface area (Å²) in [6, 6.07) is 1.49. The second kappa shape index (κ2) is 2.08. The zero-order valence-electron chi connectivity index (χ0n) is 6.27. The molecule has 11 heavy (non-hydrogen) atoms. The molecule has 0 saturated heterocycles. The fourth-order valence-electron chi connectivity index (χ4n) is 1.09. The fraction of sp³-hybridized carbons (Fsp3) is 0.250. The van der Waals surface area contributed by atoms with Crippen LogP contribution in [0.4, 0.5) is 4.39 Å². The number of fused-ring (bicyclic) bond motifs is 1. The molecule has 2 aromatic heterocycles. The summed E-state index contributed by atoms with van der Waals surface area (Å²) in [7, 11) is 0. The summed E-state index contributed by atoms with van der Waals surface area (Å²) >= 11 is 1.48. The van der Waals surface area contributed by atoms with Crippen LogP contribution in [0.15, 0.2) is 10.5 Å². The van der Waals surface area contributed by atoms with Crippen LogP contribution in [0.25, 0.3) is 10.3 Å². The summed E-state index contributed by atoms with van der Waals surface area (Å²) in [4.78, 5) is 1.85. The Hall–Kier alpha value is -0.830. The summed E-state index contributed by atoms with van der Waals surface area (Å²) in [5.41, 5.74) is 0.615. The molecule has 0 spiro atoms. The van der Waals surface area contributed by atoms with Crippen molar-refractivity contribution in [1.82, 2.24) is 0 Å². The van der Waals surface area contributed by atoms with Crippen molar-refractivity contribution in [3.8, 4) is 0 Å². The third kappa shape index (κ3) is 0.878. The maximum absolute atomic E-state index is 12.7. The Kier molecular flexibility index (Phi) is 1.29. The highest BCUT2D eigenvalue weighted by Gasteiger charge is 2.11. The molecule has 0 aromatic carbocycles. The molecule has 2 aromatic rings. The molecular formula is C8H7FOS. The van der Waals surface area contributed by atoms with Gasteiger partial charge in [0.1, 0.15) is 0 Å². The maximum Gasteiger partial charge on any atom is 0.282 e. The second-order valence-electron chi connectivity index (χ2n) is 2.56. The van der Waals surface area contributed by atoms with E-state index in [9.17, 15) is 4.39 Å². The van der Waals surface area contributed by atoms with Crippen molar-refractivity contribution in [3.05, 3.63) is 22.5 Å². The molecule has 0 aliphatic heterocycles. The number of rotatable bonds is 0. The normalized spacial score (nSPS) is 11.2. The van der Waals surface area contributed by atoms with Crippen molar-refractivity contribution in [1.29, 1.82) is 0 Å². The Morgan fingerprint density at radius 2 is 2.18 bits per heavy atom. The molecule has 0 radical (unpaired) electrons. The van der Waals surface area contributed by atoms with Gasteiger partial charge in [-0.15, -0.1) is 11.3 Å². The molecule has 58 valence electrons. The van der Waals surface area contributed by atoms with Crippen LogP contribution in [0.3, 0.4) is 0 Å². The molecular weight excluding hydrogens is 163 g/mol. The molecule has 2 rings (SSSR count). The molecule has 3 heteroatoms. The largest absolute Gasteiger partial charge is 0.420 e. The van der Waals surface area contributed by atoms with Crippen molar-refractivity contribution < 1.29 is 8.81 Å². The van der Waals surface area contributed by atoms with Gasteiger partial charge in [-0.1, -0.05) is 0 Å².